The summed E-state index contributed by atoms with van der Waals surface area (Å²) in [4.78, 5) is 19.9. The molecule has 158 valence electrons. The van der Waals surface area contributed by atoms with Crippen molar-refractivity contribution in [3.8, 4) is 11.5 Å². The van der Waals surface area contributed by atoms with Crippen LogP contribution in [0.25, 0.3) is 11.0 Å². The molecule has 0 aliphatic heterocycles. The Morgan fingerprint density at radius 3 is 2.75 bits per heavy atom. The summed E-state index contributed by atoms with van der Waals surface area (Å²) in [6, 6.07) is 21.4. The van der Waals surface area contributed by atoms with Crippen LogP contribution in [-0.2, 0) is 13.1 Å². The second-order valence-corrected chi connectivity index (χ2v) is 7.43. The molecule has 7 nitrogen and oxygen atoms in total. The van der Waals surface area contributed by atoms with Crippen molar-refractivity contribution in [1.82, 2.24) is 25.1 Å². The number of carbonyl (C=O) groups is 1. The number of rotatable bonds is 7. The largest absolute Gasteiger partial charge is 0.457 e. The van der Waals surface area contributed by atoms with E-state index in [1.54, 1.807) is 23.3 Å². The van der Waals surface area contributed by atoms with Crippen LogP contribution in [0.1, 0.15) is 21.5 Å². The molecule has 3 aromatic heterocycles. The fourth-order valence-corrected chi connectivity index (χ4v) is 3.45. The SMILES string of the molecule is O=C(NCc1cnc2[nH]ccc2c1)c1cnn(Cc2cccc(Oc3ccccc3)c2)c1. The second kappa shape index (κ2) is 8.77. The molecule has 0 aliphatic carbocycles. The summed E-state index contributed by atoms with van der Waals surface area (Å²) in [5.74, 6) is 1.37. The van der Waals surface area contributed by atoms with Gasteiger partial charge in [0.25, 0.3) is 5.91 Å². The van der Waals surface area contributed by atoms with Gasteiger partial charge in [-0.25, -0.2) is 4.98 Å². The van der Waals surface area contributed by atoms with E-state index in [1.165, 1.54) is 0 Å². The maximum absolute atomic E-state index is 12.5. The van der Waals surface area contributed by atoms with Crippen LogP contribution in [0.3, 0.4) is 0 Å². The van der Waals surface area contributed by atoms with Gasteiger partial charge in [0.15, 0.2) is 0 Å². The monoisotopic (exact) mass is 423 g/mol. The van der Waals surface area contributed by atoms with Crippen molar-refractivity contribution >= 4 is 16.9 Å². The molecule has 0 bridgehead atoms. The molecule has 0 atom stereocenters. The first-order valence-corrected chi connectivity index (χ1v) is 10.3. The first-order valence-electron chi connectivity index (χ1n) is 10.3. The molecule has 2 aromatic carbocycles. The highest BCUT2D eigenvalue weighted by molar-refractivity contribution is 5.93. The van der Waals surface area contributed by atoms with E-state index in [9.17, 15) is 4.79 Å². The topological polar surface area (TPSA) is 84.8 Å². The van der Waals surface area contributed by atoms with E-state index in [0.717, 1.165) is 33.7 Å². The molecule has 0 unspecified atom stereocenters. The number of ether oxygens (including phenoxy) is 1. The lowest BCUT2D eigenvalue weighted by Crippen LogP contribution is -2.22. The number of amides is 1. The zero-order valence-corrected chi connectivity index (χ0v) is 17.2. The lowest BCUT2D eigenvalue weighted by Gasteiger charge is -2.08. The van der Waals surface area contributed by atoms with Crippen molar-refractivity contribution in [2.24, 2.45) is 0 Å². The van der Waals surface area contributed by atoms with Crippen molar-refractivity contribution in [3.63, 3.8) is 0 Å². The highest BCUT2D eigenvalue weighted by atomic mass is 16.5. The maximum Gasteiger partial charge on any atom is 0.254 e. The molecule has 0 saturated heterocycles. The fourth-order valence-electron chi connectivity index (χ4n) is 3.45. The van der Waals surface area contributed by atoms with Gasteiger partial charge in [-0.3, -0.25) is 9.48 Å². The summed E-state index contributed by atoms with van der Waals surface area (Å²) in [6.07, 6.45) is 6.92. The molecule has 0 spiro atoms. The van der Waals surface area contributed by atoms with Gasteiger partial charge in [0.1, 0.15) is 17.1 Å². The number of carbonyl (C=O) groups excluding carboxylic acids is 1. The van der Waals surface area contributed by atoms with Crippen LogP contribution in [0, 0.1) is 0 Å². The van der Waals surface area contributed by atoms with E-state index >= 15 is 0 Å². The van der Waals surface area contributed by atoms with E-state index in [1.807, 2.05) is 72.9 Å². The summed E-state index contributed by atoms with van der Waals surface area (Å²) in [5, 5.41) is 8.27. The van der Waals surface area contributed by atoms with Crippen molar-refractivity contribution < 1.29 is 9.53 Å². The minimum atomic E-state index is -0.174. The number of aromatic nitrogens is 4. The average molecular weight is 423 g/mol. The zero-order valence-electron chi connectivity index (χ0n) is 17.2. The Balaban J connectivity index is 1.20. The van der Waals surface area contributed by atoms with Gasteiger partial charge in [0.05, 0.1) is 18.3 Å². The van der Waals surface area contributed by atoms with Gasteiger partial charge in [-0.15, -0.1) is 0 Å². The first-order chi connectivity index (χ1) is 15.7. The van der Waals surface area contributed by atoms with E-state index < -0.39 is 0 Å². The second-order valence-electron chi connectivity index (χ2n) is 7.43. The first kappa shape index (κ1) is 19.6. The standard InChI is InChI=1S/C25H21N5O2/c31-25(28-14-19-11-20-9-10-26-24(20)27-13-19)21-15-29-30(17-21)16-18-5-4-8-23(12-18)32-22-6-2-1-3-7-22/h1-13,15,17H,14,16H2,(H,26,27)(H,28,31). The van der Waals surface area contributed by atoms with Crippen LogP contribution >= 0.6 is 0 Å². The number of nitrogens with one attached hydrogen (secondary N) is 2. The smallest absolute Gasteiger partial charge is 0.254 e. The highest BCUT2D eigenvalue weighted by Gasteiger charge is 2.10. The minimum absolute atomic E-state index is 0.174. The average Bonchev–Trinajstić information content (AvgIpc) is 3.48. The minimum Gasteiger partial charge on any atom is -0.457 e. The van der Waals surface area contributed by atoms with Gasteiger partial charge >= 0.3 is 0 Å². The third-order valence-corrected chi connectivity index (χ3v) is 5.03. The third kappa shape index (κ3) is 4.52. The molecule has 32 heavy (non-hydrogen) atoms. The number of H-pyrrole nitrogens is 1. The Morgan fingerprint density at radius 2 is 1.84 bits per heavy atom. The third-order valence-electron chi connectivity index (χ3n) is 5.03. The summed E-state index contributed by atoms with van der Waals surface area (Å²) < 4.78 is 7.63. The number of fused-ring (bicyclic) bond motifs is 1. The van der Waals surface area contributed by atoms with Gasteiger partial charge in [0.2, 0.25) is 0 Å². The highest BCUT2D eigenvalue weighted by Crippen LogP contribution is 2.22. The van der Waals surface area contributed by atoms with Crippen LogP contribution in [0.4, 0.5) is 0 Å². The van der Waals surface area contributed by atoms with Gasteiger partial charge in [-0.05, 0) is 47.5 Å². The van der Waals surface area contributed by atoms with E-state index in [4.69, 9.17) is 4.74 Å². The molecular formula is C25H21N5O2. The summed E-state index contributed by atoms with van der Waals surface area (Å²) in [5.41, 5.74) is 3.31. The number of benzene rings is 2. The van der Waals surface area contributed by atoms with E-state index in [0.29, 0.717) is 18.7 Å². The summed E-state index contributed by atoms with van der Waals surface area (Å²) >= 11 is 0. The molecule has 2 N–H and O–H groups in total. The van der Waals surface area contributed by atoms with Crippen LogP contribution in [-0.4, -0.2) is 25.7 Å². The molecule has 5 aromatic rings. The molecule has 5 rings (SSSR count). The Kier molecular flexibility index (Phi) is 5.36. The van der Waals surface area contributed by atoms with Crippen molar-refractivity contribution in [2.75, 3.05) is 0 Å². The Labute approximate surface area is 184 Å². The number of nitrogens with zero attached hydrogens (tertiary/aromatic N) is 3. The van der Waals surface area contributed by atoms with Crippen LogP contribution in [0.2, 0.25) is 0 Å². The van der Waals surface area contributed by atoms with Crippen LogP contribution in [0.5, 0.6) is 11.5 Å². The van der Waals surface area contributed by atoms with Gasteiger partial charge in [-0.1, -0.05) is 30.3 Å². The van der Waals surface area contributed by atoms with Gasteiger partial charge < -0.3 is 15.0 Å². The number of hydrogen-bond acceptors (Lipinski definition) is 4. The predicted octanol–water partition coefficient (Wildman–Crippen LogP) is 4.53. The van der Waals surface area contributed by atoms with Crippen molar-refractivity contribution in [2.45, 2.75) is 13.1 Å². The van der Waals surface area contributed by atoms with Crippen LogP contribution < -0.4 is 10.1 Å². The lowest BCUT2D eigenvalue weighted by atomic mass is 10.2. The summed E-state index contributed by atoms with van der Waals surface area (Å²) in [6.45, 7) is 0.935. The Bertz CT molecular complexity index is 1360. The number of pyridine rings is 1. The quantitative estimate of drug-likeness (QED) is 0.403. The normalized spacial score (nSPS) is 10.9. The lowest BCUT2D eigenvalue weighted by molar-refractivity contribution is 0.0951. The fraction of sp³-hybridized carbons (Fsp3) is 0.0800. The van der Waals surface area contributed by atoms with Crippen molar-refractivity contribution in [3.05, 3.63) is 108 Å². The van der Waals surface area contributed by atoms with Crippen molar-refractivity contribution in [1.29, 1.82) is 0 Å². The molecule has 0 aliphatic rings. The van der Waals surface area contributed by atoms with Gasteiger partial charge in [-0.2, -0.15) is 5.10 Å². The van der Waals surface area contributed by atoms with Crippen LogP contribution in [0.15, 0.2) is 91.5 Å². The molecule has 0 saturated carbocycles. The van der Waals surface area contributed by atoms with Gasteiger partial charge in [0, 0.05) is 30.5 Å². The molecular weight excluding hydrogens is 402 g/mol. The number of para-hydroxylation sites is 1. The van der Waals surface area contributed by atoms with E-state index in [2.05, 4.69) is 20.4 Å². The Hall–Kier alpha value is -4.39. The zero-order chi connectivity index (χ0) is 21.8. The molecule has 1 amide bonds. The maximum atomic E-state index is 12.5. The number of aromatic amines is 1. The molecule has 3 heterocycles. The predicted molar refractivity (Wildman–Crippen MR) is 122 cm³/mol. The molecule has 0 fully saturated rings. The molecule has 7 heteroatoms. The Morgan fingerprint density at radius 1 is 0.969 bits per heavy atom. The van der Waals surface area contributed by atoms with E-state index in [-0.39, 0.29) is 5.91 Å². The number of hydrogen-bond donors (Lipinski definition) is 2. The molecule has 0 radical (unpaired) electrons. The summed E-state index contributed by atoms with van der Waals surface area (Å²) in [7, 11) is 0.